The molecule has 0 unspecified atom stereocenters. The maximum Gasteiger partial charge on any atom is 0.251 e. The van der Waals surface area contributed by atoms with Crippen molar-refractivity contribution < 1.29 is 9.59 Å². The van der Waals surface area contributed by atoms with Crippen LogP contribution in [0.2, 0.25) is 0 Å². The lowest BCUT2D eigenvalue weighted by atomic mass is 9.96. The monoisotopic (exact) mass is 387 g/mol. The molecule has 2 heterocycles. The largest absolute Gasteiger partial charge is 0.383 e. The fourth-order valence-corrected chi connectivity index (χ4v) is 3.53. The number of nitrogens with one attached hydrogen (secondary N) is 2. The number of amides is 2. The molecule has 1 aliphatic rings. The number of anilines is 2. The van der Waals surface area contributed by atoms with E-state index in [4.69, 9.17) is 5.73 Å². The second-order valence-corrected chi connectivity index (χ2v) is 6.98. The molecule has 0 spiro atoms. The lowest BCUT2D eigenvalue weighted by molar-refractivity contribution is -0.111. The standard InChI is InChI=1S/C22H21N5O2/c1-3-20(28)26-16-8-13(2)9-17(11-16)27-21(23)19(12-25-27)14-4-5-18-15(10-14)6-7-24-22(18)29/h3-5,8-12H,1,6-7,23H2,2H3,(H,24,29)(H,26,28). The number of nitrogens with zero attached hydrogens (tertiary/aromatic N) is 2. The molecule has 1 aromatic heterocycles. The van der Waals surface area contributed by atoms with Gasteiger partial charge in [-0.05, 0) is 60.4 Å². The number of carbonyl (C=O) groups is 2. The van der Waals surface area contributed by atoms with Crippen LogP contribution in [-0.4, -0.2) is 28.1 Å². The minimum atomic E-state index is -0.284. The number of aryl methyl sites for hydroxylation is 1. The molecule has 0 saturated carbocycles. The van der Waals surface area contributed by atoms with Crippen LogP contribution >= 0.6 is 0 Å². The second-order valence-electron chi connectivity index (χ2n) is 6.98. The van der Waals surface area contributed by atoms with Gasteiger partial charge in [-0.3, -0.25) is 9.59 Å². The van der Waals surface area contributed by atoms with Gasteiger partial charge in [0, 0.05) is 23.4 Å². The van der Waals surface area contributed by atoms with Crippen LogP contribution in [0, 0.1) is 6.92 Å². The molecule has 0 saturated heterocycles. The van der Waals surface area contributed by atoms with Crippen LogP contribution in [0.4, 0.5) is 11.5 Å². The van der Waals surface area contributed by atoms with Gasteiger partial charge in [0.25, 0.3) is 5.91 Å². The quantitative estimate of drug-likeness (QED) is 0.599. The highest BCUT2D eigenvalue weighted by molar-refractivity contribution is 5.99. The van der Waals surface area contributed by atoms with Gasteiger partial charge in [-0.25, -0.2) is 4.68 Å². The van der Waals surface area contributed by atoms with Gasteiger partial charge in [0.2, 0.25) is 5.91 Å². The van der Waals surface area contributed by atoms with Crippen molar-refractivity contribution in [3.05, 3.63) is 71.9 Å². The Kier molecular flexibility index (Phi) is 4.64. The van der Waals surface area contributed by atoms with E-state index in [0.717, 1.165) is 34.4 Å². The zero-order valence-corrected chi connectivity index (χ0v) is 16.0. The Labute approximate surface area is 168 Å². The van der Waals surface area contributed by atoms with Crippen LogP contribution in [0.1, 0.15) is 21.5 Å². The third-order valence-corrected chi connectivity index (χ3v) is 4.91. The van der Waals surface area contributed by atoms with Crippen molar-refractivity contribution in [2.45, 2.75) is 13.3 Å². The topological polar surface area (TPSA) is 102 Å². The van der Waals surface area contributed by atoms with Crippen LogP contribution in [-0.2, 0) is 11.2 Å². The Morgan fingerprint density at radius 3 is 2.90 bits per heavy atom. The minimum Gasteiger partial charge on any atom is -0.383 e. The first-order chi connectivity index (χ1) is 14.0. The Hall–Kier alpha value is -3.87. The zero-order chi connectivity index (χ0) is 20.5. The zero-order valence-electron chi connectivity index (χ0n) is 16.0. The molecule has 7 heteroatoms. The van der Waals surface area contributed by atoms with Crippen molar-refractivity contribution in [1.29, 1.82) is 0 Å². The SMILES string of the molecule is C=CC(=O)Nc1cc(C)cc(-n2ncc(-c3ccc4c(c3)CCNC4=O)c2N)c1. The summed E-state index contributed by atoms with van der Waals surface area (Å²) in [7, 11) is 0. The molecule has 3 aromatic rings. The van der Waals surface area contributed by atoms with E-state index in [1.54, 1.807) is 16.9 Å². The Morgan fingerprint density at radius 1 is 1.28 bits per heavy atom. The molecular formula is C22H21N5O2. The highest BCUT2D eigenvalue weighted by atomic mass is 16.2. The lowest BCUT2D eigenvalue weighted by Crippen LogP contribution is -2.31. The van der Waals surface area contributed by atoms with E-state index in [1.165, 1.54) is 6.08 Å². The summed E-state index contributed by atoms with van der Waals surface area (Å²) >= 11 is 0. The van der Waals surface area contributed by atoms with E-state index in [0.29, 0.717) is 23.6 Å². The minimum absolute atomic E-state index is 0.0460. The van der Waals surface area contributed by atoms with Gasteiger partial charge in [-0.15, -0.1) is 0 Å². The first-order valence-electron chi connectivity index (χ1n) is 9.27. The molecule has 0 bridgehead atoms. The summed E-state index contributed by atoms with van der Waals surface area (Å²) < 4.78 is 1.64. The van der Waals surface area contributed by atoms with Gasteiger partial charge in [-0.2, -0.15) is 5.10 Å². The van der Waals surface area contributed by atoms with E-state index < -0.39 is 0 Å². The fourth-order valence-electron chi connectivity index (χ4n) is 3.53. The van der Waals surface area contributed by atoms with E-state index in [2.05, 4.69) is 22.3 Å². The van der Waals surface area contributed by atoms with Crippen molar-refractivity contribution in [2.75, 3.05) is 17.6 Å². The molecule has 4 N–H and O–H groups in total. The molecule has 7 nitrogen and oxygen atoms in total. The van der Waals surface area contributed by atoms with Crippen molar-refractivity contribution in [2.24, 2.45) is 0 Å². The third kappa shape index (κ3) is 3.50. The Balaban J connectivity index is 1.72. The summed E-state index contributed by atoms with van der Waals surface area (Å²) in [5, 5.41) is 10.1. The maximum absolute atomic E-state index is 12.0. The molecule has 146 valence electrons. The molecule has 29 heavy (non-hydrogen) atoms. The van der Waals surface area contributed by atoms with Crippen LogP contribution < -0.4 is 16.4 Å². The van der Waals surface area contributed by atoms with Crippen molar-refractivity contribution in [1.82, 2.24) is 15.1 Å². The van der Waals surface area contributed by atoms with Crippen LogP contribution in [0.15, 0.2) is 55.3 Å². The van der Waals surface area contributed by atoms with Gasteiger partial charge in [0.05, 0.1) is 11.9 Å². The molecule has 0 fully saturated rings. The van der Waals surface area contributed by atoms with Gasteiger partial charge in [0.15, 0.2) is 0 Å². The average molecular weight is 387 g/mol. The summed E-state index contributed by atoms with van der Waals surface area (Å²) in [5.41, 5.74) is 12.2. The summed E-state index contributed by atoms with van der Waals surface area (Å²) in [5.74, 6) is 0.154. The summed E-state index contributed by atoms with van der Waals surface area (Å²) in [6.07, 6.45) is 3.72. The van der Waals surface area contributed by atoms with E-state index >= 15 is 0 Å². The van der Waals surface area contributed by atoms with Crippen molar-refractivity contribution >= 4 is 23.3 Å². The Morgan fingerprint density at radius 2 is 2.10 bits per heavy atom. The smallest absolute Gasteiger partial charge is 0.251 e. The number of carbonyl (C=O) groups excluding carboxylic acids is 2. The van der Waals surface area contributed by atoms with Gasteiger partial charge in [-0.1, -0.05) is 18.7 Å². The van der Waals surface area contributed by atoms with Gasteiger partial charge < -0.3 is 16.4 Å². The molecule has 0 radical (unpaired) electrons. The molecular weight excluding hydrogens is 366 g/mol. The van der Waals surface area contributed by atoms with Gasteiger partial charge in [0.1, 0.15) is 5.82 Å². The highest BCUT2D eigenvalue weighted by Gasteiger charge is 2.19. The normalized spacial score (nSPS) is 12.8. The first-order valence-corrected chi connectivity index (χ1v) is 9.27. The van der Waals surface area contributed by atoms with E-state index in [1.807, 2.05) is 37.3 Å². The van der Waals surface area contributed by atoms with Crippen LogP contribution in [0.25, 0.3) is 16.8 Å². The second kappa shape index (κ2) is 7.27. The molecule has 2 aromatic carbocycles. The first kappa shape index (κ1) is 18.5. The predicted molar refractivity (Wildman–Crippen MR) is 113 cm³/mol. The molecule has 4 rings (SSSR count). The summed E-state index contributed by atoms with van der Waals surface area (Å²) in [4.78, 5) is 23.6. The summed E-state index contributed by atoms with van der Waals surface area (Å²) in [6, 6.07) is 11.3. The maximum atomic E-state index is 12.0. The fraction of sp³-hybridized carbons (Fsp3) is 0.136. The van der Waals surface area contributed by atoms with E-state index in [9.17, 15) is 9.59 Å². The lowest BCUT2D eigenvalue weighted by Gasteiger charge is -2.17. The number of nitrogen functional groups attached to an aromatic ring is 1. The molecule has 0 aliphatic carbocycles. The Bertz CT molecular complexity index is 1150. The third-order valence-electron chi connectivity index (χ3n) is 4.91. The molecule has 0 atom stereocenters. The number of aromatic nitrogens is 2. The van der Waals surface area contributed by atoms with Gasteiger partial charge >= 0.3 is 0 Å². The van der Waals surface area contributed by atoms with Crippen LogP contribution in [0.5, 0.6) is 0 Å². The van der Waals surface area contributed by atoms with E-state index in [-0.39, 0.29) is 11.8 Å². The van der Waals surface area contributed by atoms with Crippen molar-refractivity contribution in [3.8, 4) is 16.8 Å². The number of rotatable bonds is 4. The predicted octanol–water partition coefficient (Wildman–Crippen LogP) is 2.84. The number of benzene rings is 2. The number of fused-ring (bicyclic) bond motifs is 1. The number of hydrogen-bond donors (Lipinski definition) is 3. The number of nitrogens with two attached hydrogens (primary N) is 1. The van der Waals surface area contributed by atoms with Crippen LogP contribution in [0.3, 0.4) is 0 Å². The molecule has 1 aliphatic heterocycles. The highest BCUT2D eigenvalue weighted by Crippen LogP contribution is 2.31. The summed E-state index contributed by atoms with van der Waals surface area (Å²) in [6.45, 7) is 6.04. The molecule has 2 amide bonds. The van der Waals surface area contributed by atoms with Crippen molar-refractivity contribution in [3.63, 3.8) is 0 Å². The average Bonchev–Trinajstić information content (AvgIpc) is 3.08. The number of hydrogen-bond acceptors (Lipinski definition) is 4.